The van der Waals surface area contributed by atoms with E-state index in [2.05, 4.69) is 40.5 Å². The van der Waals surface area contributed by atoms with Crippen molar-refractivity contribution in [2.45, 2.75) is 107 Å². The first-order valence-corrected chi connectivity index (χ1v) is 9.07. The van der Waals surface area contributed by atoms with Crippen LogP contribution in [0.5, 0.6) is 0 Å². The first-order valence-electron chi connectivity index (χ1n) is 9.07. The monoisotopic (exact) mass is 284 g/mol. The van der Waals surface area contributed by atoms with Crippen LogP contribution in [0, 0.1) is 24.7 Å². The molecule has 0 radical (unpaired) electrons. The Hall–Kier alpha value is -0.440. The SMILES string of the molecule is C#C.CC.CC.CCC.CCCCC1CCC(C)CC1. The van der Waals surface area contributed by atoms with Crippen LogP contribution in [0.25, 0.3) is 0 Å². The molecule has 1 aliphatic rings. The zero-order valence-electron chi connectivity index (χ0n) is 16.0. The average Bonchev–Trinajstić information content (AvgIpc) is 2.53. The highest BCUT2D eigenvalue weighted by Gasteiger charge is 2.16. The van der Waals surface area contributed by atoms with Crippen LogP contribution in [-0.4, -0.2) is 0 Å². The Bertz CT molecular complexity index is 123. The van der Waals surface area contributed by atoms with Crippen molar-refractivity contribution < 1.29 is 0 Å². The Morgan fingerprint density at radius 2 is 1.15 bits per heavy atom. The second-order valence-electron chi connectivity index (χ2n) is 4.98. The molecule has 0 saturated heterocycles. The summed E-state index contributed by atoms with van der Waals surface area (Å²) in [5.74, 6) is 2.11. The Morgan fingerprint density at radius 3 is 1.45 bits per heavy atom. The number of unbranched alkanes of at least 4 members (excludes halogenated alkanes) is 1. The van der Waals surface area contributed by atoms with Crippen LogP contribution in [-0.2, 0) is 0 Å². The smallest absolute Gasteiger partial charge is 0.0414 e. The number of hydrogen-bond donors (Lipinski definition) is 0. The first kappa shape index (κ1) is 27.8. The van der Waals surface area contributed by atoms with Crippen molar-refractivity contribution in [3.05, 3.63) is 0 Å². The van der Waals surface area contributed by atoms with E-state index in [1.165, 1.54) is 51.4 Å². The predicted octanol–water partition coefficient (Wildman–Crippen LogP) is 7.72. The number of rotatable bonds is 3. The Labute approximate surface area is 132 Å². The van der Waals surface area contributed by atoms with Crippen molar-refractivity contribution in [2.75, 3.05) is 0 Å². The number of terminal acetylenes is 1. The fourth-order valence-electron chi connectivity index (χ4n) is 2.11. The molecule has 1 saturated carbocycles. The normalized spacial score (nSPS) is 19.3. The van der Waals surface area contributed by atoms with E-state index in [0.29, 0.717) is 0 Å². The molecule has 124 valence electrons. The van der Waals surface area contributed by atoms with E-state index in [9.17, 15) is 0 Å². The molecular formula is C20H44. The number of hydrogen-bond acceptors (Lipinski definition) is 0. The third-order valence-electron chi connectivity index (χ3n) is 3.10. The fourth-order valence-corrected chi connectivity index (χ4v) is 2.11. The molecule has 20 heavy (non-hydrogen) atoms. The minimum Gasteiger partial charge on any atom is -0.124 e. The van der Waals surface area contributed by atoms with Gasteiger partial charge in [-0.15, -0.1) is 12.8 Å². The van der Waals surface area contributed by atoms with Crippen LogP contribution in [0.2, 0.25) is 0 Å². The molecule has 0 bridgehead atoms. The van der Waals surface area contributed by atoms with Crippen LogP contribution < -0.4 is 0 Å². The van der Waals surface area contributed by atoms with Crippen LogP contribution in [0.3, 0.4) is 0 Å². The summed E-state index contributed by atoms with van der Waals surface area (Å²) in [6.07, 6.45) is 19.6. The van der Waals surface area contributed by atoms with E-state index >= 15 is 0 Å². The van der Waals surface area contributed by atoms with Crippen molar-refractivity contribution in [3.8, 4) is 12.8 Å². The Kier molecular flexibility index (Phi) is 43.3. The van der Waals surface area contributed by atoms with Gasteiger partial charge < -0.3 is 0 Å². The summed E-state index contributed by atoms with van der Waals surface area (Å²) in [6, 6.07) is 0. The van der Waals surface area contributed by atoms with Gasteiger partial charge in [-0.3, -0.25) is 0 Å². The molecule has 0 atom stereocenters. The molecule has 0 aromatic carbocycles. The van der Waals surface area contributed by atoms with E-state index in [-0.39, 0.29) is 0 Å². The van der Waals surface area contributed by atoms with Gasteiger partial charge in [0.1, 0.15) is 0 Å². The first-order chi connectivity index (χ1) is 9.74. The van der Waals surface area contributed by atoms with Gasteiger partial charge in [0, 0.05) is 0 Å². The molecule has 1 rings (SSSR count). The van der Waals surface area contributed by atoms with Gasteiger partial charge in [-0.25, -0.2) is 0 Å². The lowest BCUT2D eigenvalue weighted by molar-refractivity contribution is 0.273. The van der Waals surface area contributed by atoms with Crippen LogP contribution in [0.1, 0.15) is 107 Å². The highest BCUT2D eigenvalue weighted by molar-refractivity contribution is 4.69. The Balaban J connectivity index is -0.000000121. The lowest BCUT2D eigenvalue weighted by atomic mass is 9.81. The topological polar surface area (TPSA) is 0 Å². The van der Waals surface area contributed by atoms with E-state index in [1.807, 2.05) is 27.7 Å². The maximum atomic E-state index is 4.00. The molecule has 1 fully saturated rings. The molecule has 0 aromatic heterocycles. The summed E-state index contributed by atoms with van der Waals surface area (Å²) >= 11 is 0. The van der Waals surface area contributed by atoms with Gasteiger partial charge in [0.05, 0.1) is 0 Å². The van der Waals surface area contributed by atoms with Gasteiger partial charge in [-0.1, -0.05) is 107 Å². The van der Waals surface area contributed by atoms with Crippen LogP contribution in [0.15, 0.2) is 0 Å². The second-order valence-corrected chi connectivity index (χ2v) is 4.98. The molecule has 0 heterocycles. The van der Waals surface area contributed by atoms with Crippen molar-refractivity contribution in [1.82, 2.24) is 0 Å². The standard InChI is InChI=1S/C11H22.C3H8.2C2H6.C2H2/c1-3-4-5-11-8-6-10(2)7-9-11;1-3-2;3*1-2/h10-11H,3-9H2,1-2H3;3H2,1-2H3;2*1-2H3;1-2H. The zero-order chi connectivity index (χ0) is 16.8. The second kappa shape index (κ2) is 31.1. The average molecular weight is 285 g/mol. The maximum Gasteiger partial charge on any atom is -0.0414 e. The van der Waals surface area contributed by atoms with Gasteiger partial charge >= 0.3 is 0 Å². The van der Waals surface area contributed by atoms with Crippen molar-refractivity contribution >= 4 is 0 Å². The summed E-state index contributed by atoms with van der Waals surface area (Å²) in [6.45, 7) is 16.9. The third kappa shape index (κ3) is 26.2. The van der Waals surface area contributed by atoms with Crippen LogP contribution >= 0.6 is 0 Å². The highest BCUT2D eigenvalue weighted by atomic mass is 14.2. The molecule has 0 aromatic rings. The van der Waals surface area contributed by atoms with Crippen molar-refractivity contribution in [1.29, 1.82) is 0 Å². The molecule has 1 aliphatic carbocycles. The van der Waals surface area contributed by atoms with E-state index in [1.54, 1.807) is 0 Å². The zero-order valence-corrected chi connectivity index (χ0v) is 16.0. The molecular weight excluding hydrogens is 240 g/mol. The van der Waals surface area contributed by atoms with Gasteiger partial charge in [0.15, 0.2) is 0 Å². The van der Waals surface area contributed by atoms with E-state index in [4.69, 9.17) is 0 Å². The fraction of sp³-hybridized carbons (Fsp3) is 0.900. The summed E-state index contributed by atoms with van der Waals surface area (Å²) in [7, 11) is 0. The Morgan fingerprint density at radius 1 is 0.800 bits per heavy atom. The quantitative estimate of drug-likeness (QED) is 0.465. The molecule has 0 nitrogen and oxygen atoms in total. The van der Waals surface area contributed by atoms with E-state index < -0.39 is 0 Å². The molecule has 0 heteroatoms. The third-order valence-corrected chi connectivity index (χ3v) is 3.10. The predicted molar refractivity (Wildman–Crippen MR) is 99.2 cm³/mol. The minimum absolute atomic E-state index is 1.02. The molecule has 0 spiro atoms. The van der Waals surface area contributed by atoms with Gasteiger partial charge in [0.25, 0.3) is 0 Å². The summed E-state index contributed by atoms with van der Waals surface area (Å²) < 4.78 is 0. The lowest BCUT2D eigenvalue weighted by Gasteiger charge is -2.25. The van der Waals surface area contributed by atoms with Crippen molar-refractivity contribution in [3.63, 3.8) is 0 Å². The maximum absolute atomic E-state index is 4.00. The van der Waals surface area contributed by atoms with Gasteiger partial charge in [-0.2, -0.15) is 0 Å². The van der Waals surface area contributed by atoms with Crippen LogP contribution in [0.4, 0.5) is 0 Å². The largest absolute Gasteiger partial charge is 0.124 e. The van der Waals surface area contributed by atoms with Crippen molar-refractivity contribution in [2.24, 2.45) is 11.8 Å². The molecule has 0 aliphatic heterocycles. The molecule has 0 unspecified atom stereocenters. The minimum atomic E-state index is 1.02. The highest BCUT2D eigenvalue weighted by Crippen LogP contribution is 2.31. The molecule has 0 N–H and O–H groups in total. The van der Waals surface area contributed by atoms with E-state index in [0.717, 1.165) is 11.8 Å². The summed E-state index contributed by atoms with van der Waals surface area (Å²) in [5, 5.41) is 0. The van der Waals surface area contributed by atoms with Gasteiger partial charge in [0.2, 0.25) is 0 Å². The molecule has 0 amide bonds. The van der Waals surface area contributed by atoms with Gasteiger partial charge in [-0.05, 0) is 11.8 Å². The summed E-state index contributed by atoms with van der Waals surface area (Å²) in [5.41, 5.74) is 0. The summed E-state index contributed by atoms with van der Waals surface area (Å²) in [4.78, 5) is 0. The lowest BCUT2D eigenvalue weighted by Crippen LogP contribution is -2.11.